The average Bonchev–Trinajstić information content (AvgIpc) is 2.33. The van der Waals surface area contributed by atoms with E-state index in [0.717, 1.165) is 12.8 Å². The largest absolute Gasteiger partial charge is 0.479 e. The minimum Gasteiger partial charge on any atom is -0.479 e. The SMILES string of the molecule is C1CCCCC1.CCCCC(OC)C(=O)O. The van der Waals surface area contributed by atoms with Gasteiger partial charge in [0.25, 0.3) is 0 Å². The normalized spacial score (nSPS) is 17.1. The number of methoxy groups -OCH3 is 1. The van der Waals surface area contributed by atoms with Crippen molar-refractivity contribution in [1.29, 1.82) is 0 Å². The van der Waals surface area contributed by atoms with Crippen molar-refractivity contribution in [3.05, 3.63) is 0 Å². The molecule has 1 N–H and O–H groups in total. The molecule has 1 fully saturated rings. The molecule has 0 aliphatic heterocycles. The summed E-state index contributed by atoms with van der Waals surface area (Å²) in [6, 6.07) is 0. The zero-order chi connectivity index (χ0) is 12.2. The highest BCUT2D eigenvalue weighted by Gasteiger charge is 2.14. The standard InChI is InChI=1S/C7H14O3.C6H12/c1-3-4-5-6(10-2)7(8)9;1-2-4-6-5-3-1/h6H,3-5H2,1-2H3,(H,8,9);1-6H2. The van der Waals surface area contributed by atoms with Crippen LogP contribution in [-0.2, 0) is 9.53 Å². The predicted octanol–water partition coefficient (Wildman–Crippen LogP) is 3.62. The van der Waals surface area contributed by atoms with E-state index in [0.29, 0.717) is 6.42 Å². The number of carboxylic acids is 1. The fourth-order valence-corrected chi connectivity index (χ4v) is 1.79. The van der Waals surface area contributed by atoms with Crippen LogP contribution < -0.4 is 0 Å². The number of carbonyl (C=O) groups is 1. The van der Waals surface area contributed by atoms with Gasteiger partial charge in [-0.1, -0.05) is 58.3 Å². The molecule has 0 heterocycles. The molecule has 1 aliphatic carbocycles. The van der Waals surface area contributed by atoms with Gasteiger partial charge in [0, 0.05) is 7.11 Å². The van der Waals surface area contributed by atoms with E-state index in [1.54, 1.807) is 0 Å². The topological polar surface area (TPSA) is 46.5 Å². The Morgan fingerprint density at radius 1 is 1.19 bits per heavy atom. The molecule has 3 heteroatoms. The third-order valence-corrected chi connectivity index (χ3v) is 2.88. The quantitative estimate of drug-likeness (QED) is 0.784. The molecule has 16 heavy (non-hydrogen) atoms. The van der Waals surface area contributed by atoms with Crippen LogP contribution in [0.3, 0.4) is 0 Å². The molecule has 1 atom stereocenters. The second-order valence-corrected chi connectivity index (χ2v) is 4.33. The zero-order valence-electron chi connectivity index (χ0n) is 10.7. The van der Waals surface area contributed by atoms with Crippen molar-refractivity contribution >= 4 is 5.97 Å². The van der Waals surface area contributed by atoms with Crippen molar-refractivity contribution in [3.63, 3.8) is 0 Å². The molecule has 96 valence electrons. The minimum atomic E-state index is -0.865. The maximum atomic E-state index is 10.3. The van der Waals surface area contributed by atoms with Crippen LogP contribution >= 0.6 is 0 Å². The van der Waals surface area contributed by atoms with Gasteiger partial charge in [-0.15, -0.1) is 0 Å². The van der Waals surface area contributed by atoms with E-state index >= 15 is 0 Å². The van der Waals surface area contributed by atoms with Gasteiger partial charge >= 0.3 is 5.97 Å². The first-order valence-electron chi connectivity index (χ1n) is 6.48. The number of hydrogen-bond donors (Lipinski definition) is 1. The highest BCUT2D eigenvalue weighted by atomic mass is 16.5. The molecule has 3 nitrogen and oxygen atoms in total. The van der Waals surface area contributed by atoms with E-state index < -0.39 is 12.1 Å². The van der Waals surface area contributed by atoms with Gasteiger partial charge in [-0.3, -0.25) is 0 Å². The molecule has 1 rings (SSSR count). The first kappa shape index (κ1) is 15.4. The highest BCUT2D eigenvalue weighted by molar-refractivity contribution is 5.72. The molecule has 0 aromatic heterocycles. The maximum Gasteiger partial charge on any atom is 0.332 e. The van der Waals surface area contributed by atoms with Crippen molar-refractivity contribution < 1.29 is 14.6 Å². The maximum absolute atomic E-state index is 10.3. The van der Waals surface area contributed by atoms with E-state index in [9.17, 15) is 4.79 Å². The van der Waals surface area contributed by atoms with Crippen molar-refractivity contribution in [1.82, 2.24) is 0 Å². The molecule has 0 radical (unpaired) electrons. The molecule has 0 amide bonds. The van der Waals surface area contributed by atoms with E-state index in [1.165, 1.54) is 45.6 Å². The number of carboxylic acid groups (broad SMARTS) is 1. The van der Waals surface area contributed by atoms with Gasteiger partial charge < -0.3 is 9.84 Å². The average molecular weight is 230 g/mol. The summed E-state index contributed by atoms with van der Waals surface area (Å²) >= 11 is 0. The second-order valence-electron chi connectivity index (χ2n) is 4.33. The zero-order valence-corrected chi connectivity index (χ0v) is 10.7. The summed E-state index contributed by atoms with van der Waals surface area (Å²) in [6.07, 6.45) is 10.9. The van der Waals surface area contributed by atoms with Crippen molar-refractivity contribution in [2.75, 3.05) is 7.11 Å². The molecule has 0 saturated heterocycles. The van der Waals surface area contributed by atoms with Gasteiger partial charge in [-0.25, -0.2) is 4.79 Å². The van der Waals surface area contributed by atoms with Crippen LogP contribution in [0.25, 0.3) is 0 Å². The van der Waals surface area contributed by atoms with Gasteiger partial charge in [0.2, 0.25) is 0 Å². The third kappa shape index (κ3) is 8.72. The summed E-state index contributed by atoms with van der Waals surface area (Å²) in [6.45, 7) is 2.02. The van der Waals surface area contributed by atoms with E-state index in [1.807, 2.05) is 6.92 Å². The molecule has 1 saturated carbocycles. The monoisotopic (exact) mass is 230 g/mol. The Bertz CT molecular complexity index is 153. The summed E-state index contributed by atoms with van der Waals surface area (Å²) in [5, 5.41) is 8.47. The number of rotatable bonds is 5. The van der Waals surface area contributed by atoms with Gasteiger partial charge in [0.15, 0.2) is 6.10 Å². The number of ether oxygens (including phenoxy) is 1. The summed E-state index contributed by atoms with van der Waals surface area (Å²) < 4.78 is 4.71. The Morgan fingerprint density at radius 2 is 1.62 bits per heavy atom. The van der Waals surface area contributed by atoms with Crippen molar-refractivity contribution in [2.24, 2.45) is 0 Å². The molecule has 0 aromatic carbocycles. The predicted molar refractivity (Wildman–Crippen MR) is 65.7 cm³/mol. The van der Waals surface area contributed by atoms with Gasteiger partial charge in [0.1, 0.15) is 0 Å². The fourth-order valence-electron chi connectivity index (χ4n) is 1.79. The van der Waals surface area contributed by atoms with Crippen molar-refractivity contribution in [3.8, 4) is 0 Å². The van der Waals surface area contributed by atoms with Crippen LogP contribution in [0.1, 0.15) is 64.7 Å². The van der Waals surface area contributed by atoms with Crippen molar-refractivity contribution in [2.45, 2.75) is 70.8 Å². The molecule has 0 bridgehead atoms. The van der Waals surface area contributed by atoms with Gasteiger partial charge in [-0.2, -0.15) is 0 Å². The van der Waals surface area contributed by atoms with Crippen LogP contribution in [0.2, 0.25) is 0 Å². The lowest BCUT2D eigenvalue weighted by Gasteiger charge is -2.07. The summed E-state index contributed by atoms with van der Waals surface area (Å²) in [4.78, 5) is 10.3. The van der Waals surface area contributed by atoms with E-state index in [4.69, 9.17) is 9.84 Å². The smallest absolute Gasteiger partial charge is 0.332 e. The molecular weight excluding hydrogens is 204 g/mol. The molecule has 1 aliphatic rings. The first-order chi connectivity index (χ1) is 7.72. The molecular formula is C13H26O3. The fraction of sp³-hybridized carbons (Fsp3) is 0.923. The molecule has 1 unspecified atom stereocenters. The Morgan fingerprint density at radius 3 is 1.88 bits per heavy atom. The molecule has 0 aromatic rings. The lowest BCUT2D eigenvalue weighted by Crippen LogP contribution is -2.21. The Balaban J connectivity index is 0.000000315. The summed E-state index contributed by atoms with van der Waals surface area (Å²) in [7, 11) is 1.43. The van der Waals surface area contributed by atoms with Crippen LogP contribution in [-0.4, -0.2) is 24.3 Å². The van der Waals surface area contributed by atoms with E-state index in [-0.39, 0.29) is 0 Å². The summed E-state index contributed by atoms with van der Waals surface area (Å²) in [5.41, 5.74) is 0. The van der Waals surface area contributed by atoms with Gasteiger partial charge in [-0.05, 0) is 6.42 Å². The third-order valence-electron chi connectivity index (χ3n) is 2.88. The molecule has 0 spiro atoms. The highest BCUT2D eigenvalue weighted by Crippen LogP contribution is 2.15. The minimum absolute atomic E-state index is 0.611. The first-order valence-corrected chi connectivity index (χ1v) is 6.48. The lowest BCUT2D eigenvalue weighted by atomic mass is 10.0. The Kier molecular flexibility index (Phi) is 10.5. The number of aliphatic carboxylic acids is 1. The van der Waals surface area contributed by atoms with Crippen LogP contribution in [0.5, 0.6) is 0 Å². The lowest BCUT2D eigenvalue weighted by molar-refractivity contribution is -0.148. The van der Waals surface area contributed by atoms with Gasteiger partial charge in [0.05, 0.1) is 0 Å². The second kappa shape index (κ2) is 10.9. The van der Waals surface area contributed by atoms with Crippen LogP contribution in [0, 0.1) is 0 Å². The number of hydrogen-bond acceptors (Lipinski definition) is 2. The number of unbranched alkanes of at least 4 members (excludes halogenated alkanes) is 1. The Hall–Kier alpha value is -0.570. The summed E-state index contributed by atoms with van der Waals surface area (Å²) in [5.74, 6) is -0.865. The Labute approximate surface area is 99.2 Å². The van der Waals surface area contributed by atoms with Crippen LogP contribution in [0.4, 0.5) is 0 Å². The van der Waals surface area contributed by atoms with E-state index in [2.05, 4.69) is 0 Å². The van der Waals surface area contributed by atoms with Crippen LogP contribution in [0.15, 0.2) is 0 Å².